The van der Waals surface area contributed by atoms with Crippen LogP contribution in [0.25, 0.3) is 10.8 Å². The van der Waals surface area contributed by atoms with Crippen molar-refractivity contribution in [3.05, 3.63) is 35.9 Å². The van der Waals surface area contributed by atoms with Gasteiger partial charge < -0.3 is 9.84 Å². The fourth-order valence-electron chi connectivity index (χ4n) is 2.26. The fraction of sp³-hybridized carbons (Fsp3) is 0.375. The number of methoxy groups -OCH3 is 1. The number of ether oxygens (including phenoxy) is 1. The quantitative estimate of drug-likeness (QED) is 0.860. The number of rotatable bonds is 2. The van der Waals surface area contributed by atoms with Crippen LogP contribution in [-0.4, -0.2) is 12.2 Å². The van der Waals surface area contributed by atoms with Crippen molar-refractivity contribution in [2.24, 2.45) is 5.41 Å². The highest BCUT2D eigenvalue weighted by Gasteiger charge is 2.17. The van der Waals surface area contributed by atoms with Crippen molar-refractivity contribution in [1.82, 2.24) is 0 Å². The van der Waals surface area contributed by atoms with Gasteiger partial charge in [0.1, 0.15) is 11.5 Å². The lowest BCUT2D eigenvalue weighted by molar-refractivity contribution is 0.390. The monoisotopic (exact) mass is 244 g/mol. The third-order valence-electron chi connectivity index (χ3n) is 3.00. The molecule has 18 heavy (non-hydrogen) atoms. The van der Waals surface area contributed by atoms with Gasteiger partial charge in [-0.05, 0) is 23.5 Å². The summed E-state index contributed by atoms with van der Waals surface area (Å²) < 4.78 is 5.43. The van der Waals surface area contributed by atoms with E-state index in [9.17, 15) is 5.11 Å². The zero-order valence-electron chi connectivity index (χ0n) is 11.4. The Labute approximate surface area is 108 Å². The maximum atomic E-state index is 10.4. The van der Waals surface area contributed by atoms with Crippen molar-refractivity contribution in [3.8, 4) is 11.5 Å². The molecule has 0 radical (unpaired) electrons. The number of phenols is 1. The predicted molar refractivity (Wildman–Crippen MR) is 75.3 cm³/mol. The largest absolute Gasteiger partial charge is 0.507 e. The zero-order chi connectivity index (χ0) is 13.3. The van der Waals surface area contributed by atoms with Crippen LogP contribution in [0.1, 0.15) is 26.3 Å². The minimum atomic E-state index is 0.130. The molecule has 0 aromatic heterocycles. The van der Waals surface area contributed by atoms with Crippen molar-refractivity contribution >= 4 is 10.8 Å². The number of hydrogen-bond donors (Lipinski definition) is 1. The van der Waals surface area contributed by atoms with Gasteiger partial charge in [0.05, 0.1) is 7.11 Å². The van der Waals surface area contributed by atoms with Crippen molar-refractivity contribution in [1.29, 1.82) is 0 Å². The van der Waals surface area contributed by atoms with Gasteiger partial charge in [0, 0.05) is 10.8 Å². The number of hydrogen-bond acceptors (Lipinski definition) is 2. The second-order valence-corrected chi connectivity index (χ2v) is 5.87. The first-order chi connectivity index (χ1) is 8.42. The Kier molecular flexibility index (Phi) is 3.20. The lowest BCUT2D eigenvalue weighted by Gasteiger charge is -2.20. The standard InChI is InChI=1S/C16H20O2/c1-16(2,3)10-11-9-14(18-4)12-7-5-6-8-13(12)15(11)17/h5-9,17H,10H2,1-4H3. The van der Waals surface area contributed by atoms with Crippen molar-refractivity contribution < 1.29 is 9.84 Å². The van der Waals surface area contributed by atoms with Crippen LogP contribution in [0.3, 0.4) is 0 Å². The Morgan fingerprint density at radius 3 is 2.28 bits per heavy atom. The summed E-state index contributed by atoms with van der Waals surface area (Å²) in [6.07, 6.45) is 0.819. The summed E-state index contributed by atoms with van der Waals surface area (Å²) in [5.74, 6) is 1.20. The Morgan fingerprint density at radius 2 is 1.72 bits per heavy atom. The van der Waals surface area contributed by atoms with Crippen LogP contribution in [0.4, 0.5) is 0 Å². The molecule has 0 bridgehead atoms. The minimum absolute atomic E-state index is 0.130. The smallest absolute Gasteiger partial charge is 0.127 e. The molecule has 2 aromatic rings. The molecule has 0 saturated carbocycles. The SMILES string of the molecule is COc1cc(CC(C)(C)C)c(O)c2ccccc12. The average Bonchev–Trinajstić information content (AvgIpc) is 2.31. The van der Waals surface area contributed by atoms with Gasteiger partial charge in [-0.25, -0.2) is 0 Å². The van der Waals surface area contributed by atoms with Gasteiger partial charge in [-0.1, -0.05) is 45.0 Å². The van der Waals surface area contributed by atoms with Gasteiger partial charge in [0.25, 0.3) is 0 Å². The van der Waals surface area contributed by atoms with Crippen LogP contribution >= 0.6 is 0 Å². The first-order valence-electron chi connectivity index (χ1n) is 6.20. The molecule has 2 aromatic carbocycles. The highest BCUT2D eigenvalue weighted by atomic mass is 16.5. The summed E-state index contributed by atoms with van der Waals surface area (Å²) in [7, 11) is 1.67. The molecular formula is C16H20O2. The van der Waals surface area contributed by atoms with Crippen molar-refractivity contribution in [2.75, 3.05) is 7.11 Å². The molecule has 0 amide bonds. The Morgan fingerprint density at radius 1 is 1.11 bits per heavy atom. The van der Waals surface area contributed by atoms with E-state index in [1.54, 1.807) is 7.11 Å². The van der Waals surface area contributed by atoms with Gasteiger partial charge >= 0.3 is 0 Å². The van der Waals surface area contributed by atoms with Gasteiger partial charge in [-0.15, -0.1) is 0 Å². The van der Waals surface area contributed by atoms with Crippen LogP contribution < -0.4 is 4.74 Å². The Balaban J connectivity index is 2.65. The normalized spacial score (nSPS) is 11.8. The third-order valence-corrected chi connectivity index (χ3v) is 3.00. The van der Waals surface area contributed by atoms with Crippen LogP contribution in [0.2, 0.25) is 0 Å². The van der Waals surface area contributed by atoms with Crippen LogP contribution in [0.15, 0.2) is 30.3 Å². The lowest BCUT2D eigenvalue weighted by Crippen LogP contribution is -2.09. The molecular weight excluding hydrogens is 224 g/mol. The van der Waals surface area contributed by atoms with E-state index >= 15 is 0 Å². The summed E-state index contributed by atoms with van der Waals surface area (Å²) in [6.45, 7) is 6.48. The molecule has 0 atom stereocenters. The van der Waals surface area contributed by atoms with E-state index in [0.29, 0.717) is 5.75 Å². The third kappa shape index (κ3) is 2.42. The summed E-state index contributed by atoms with van der Waals surface area (Å²) in [6, 6.07) is 9.73. The molecule has 0 fully saturated rings. The molecule has 1 N–H and O–H groups in total. The first-order valence-corrected chi connectivity index (χ1v) is 6.20. The zero-order valence-corrected chi connectivity index (χ0v) is 11.4. The Hall–Kier alpha value is -1.70. The number of phenolic OH excluding ortho intramolecular Hbond substituents is 1. The summed E-state index contributed by atoms with van der Waals surface area (Å²) in [5.41, 5.74) is 1.07. The molecule has 0 aliphatic carbocycles. The molecule has 0 saturated heterocycles. The van der Waals surface area contributed by atoms with E-state index in [1.165, 1.54) is 0 Å². The fourth-order valence-corrected chi connectivity index (χ4v) is 2.26. The van der Waals surface area contributed by atoms with Crippen molar-refractivity contribution in [2.45, 2.75) is 27.2 Å². The highest BCUT2D eigenvalue weighted by Crippen LogP contribution is 2.38. The van der Waals surface area contributed by atoms with Crippen LogP contribution in [0.5, 0.6) is 11.5 Å². The van der Waals surface area contributed by atoms with E-state index < -0.39 is 0 Å². The topological polar surface area (TPSA) is 29.5 Å². The number of benzene rings is 2. The van der Waals surface area contributed by atoms with E-state index in [1.807, 2.05) is 30.3 Å². The molecule has 0 aliphatic heterocycles. The van der Waals surface area contributed by atoms with E-state index in [4.69, 9.17) is 4.74 Å². The number of aromatic hydroxyl groups is 1. The molecule has 96 valence electrons. The average molecular weight is 244 g/mol. The Bertz CT molecular complexity index is 565. The molecule has 0 unspecified atom stereocenters. The van der Waals surface area contributed by atoms with E-state index in [-0.39, 0.29) is 5.41 Å². The van der Waals surface area contributed by atoms with E-state index in [2.05, 4.69) is 20.8 Å². The minimum Gasteiger partial charge on any atom is -0.507 e. The molecule has 0 spiro atoms. The summed E-state index contributed by atoms with van der Waals surface area (Å²) in [5, 5.41) is 12.2. The molecule has 0 aliphatic rings. The van der Waals surface area contributed by atoms with Gasteiger partial charge in [0.2, 0.25) is 0 Å². The number of fused-ring (bicyclic) bond motifs is 1. The second-order valence-electron chi connectivity index (χ2n) is 5.87. The molecule has 2 rings (SSSR count). The first kappa shape index (κ1) is 12.7. The highest BCUT2D eigenvalue weighted by molar-refractivity contribution is 5.94. The molecule has 2 nitrogen and oxygen atoms in total. The van der Waals surface area contributed by atoms with E-state index in [0.717, 1.165) is 28.5 Å². The summed E-state index contributed by atoms with van der Waals surface area (Å²) >= 11 is 0. The lowest BCUT2D eigenvalue weighted by atomic mass is 9.86. The van der Waals surface area contributed by atoms with Crippen LogP contribution in [0, 0.1) is 5.41 Å². The second kappa shape index (κ2) is 4.52. The maximum absolute atomic E-state index is 10.4. The molecule has 0 heterocycles. The van der Waals surface area contributed by atoms with Gasteiger partial charge in [-0.2, -0.15) is 0 Å². The van der Waals surface area contributed by atoms with Gasteiger partial charge in [0.15, 0.2) is 0 Å². The maximum Gasteiger partial charge on any atom is 0.127 e. The van der Waals surface area contributed by atoms with Crippen LogP contribution in [-0.2, 0) is 6.42 Å². The predicted octanol–water partition coefficient (Wildman–Crippen LogP) is 4.14. The molecule has 2 heteroatoms. The van der Waals surface area contributed by atoms with Gasteiger partial charge in [-0.3, -0.25) is 0 Å². The van der Waals surface area contributed by atoms with Crippen molar-refractivity contribution in [3.63, 3.8) is 0 Å². The summed E-state index contributed by atoms with van der Waals surface area (Å²) in [4.78, 5) is 0.